The van der Waals surface area contributed by atoms with Gasteiger partial charge in [-0.3, -0.25) is 4.57 Å². The fourth-order valence-electron chi connectivity index (χ4n) is 2.33. The van der Waals surface area contributed by atoms with Gasteiger partial charge < -0.3 is 14.5 Å². The summed E-state index contributed by atoms with van der Waals surface area (Å²) in [7, 11) is 3.31. The summed E-state index contributed by atoms with van der Waals surface area (Å²) in [5.41, 5.74) is 3.04. The van der Waals surface area contributed by atoms with E-state index >= 15 is 0 Å². The molecule has 0 radical (unpaired) electrons. The largest absolute Gasteiger partial charge is 0.497 e. The molecule has 0 bridgehead atoms. The molecule has 0 aliphatic rings. The van der Waals surface area contributed by atoms with Crippen LogP contribution in [0, 0.1) is 4.77 Å². The number of benzene rings is 2. The van der Waals surface area contributed by atoms with Gasteiger partial charge in [-0.2, -0.15) is 0 Å². The van der Waals surface area contributed by atoms with Gasteiger partial charge >= 0.3 is 0 Å². The second kappa shape index (κ2) is 6.07. The van der Waals surface area contributed by atoms with E-state index in [1.165, 1.54) is 0 Å². The van der Waals surface area contributed by atoms with E-state index in [0.717, 1.165) is 28.4 Å². The summed E-state index contributed by atoms with van der Waals surface area (Å²) in [6, 6.07) is 15.7. The molecule has 3 aromatic rings. The van der Waals surface area contributed by atoms with E-state index in [4.69, 9.17) is 21.7 Å². The molecule has 2 aromatic carbocycles. The fourth-order valence-corrected chi connectivity index (χ4v) is 2.59. The molecule has 0 aliphatic heterocycles. The third-order valence-corrected chi connectivity index (χ3v) is 3.79. The highest BCUT2D eigenvalue weighted by molar-refractivity contribution is 7.71. The van der Waals surface area contributed by atoms with Gasteiger partial charge in [-0.05, 0) is 60.7 Å². The Kier molecular flexibility index (Phi) is 3.98. The first-order chi connectivity index (χ1) is 10.7. The summed E-state index contributed by atoms with van der Waals surface area (Å²) in [5.74, 6) is 1.64. The maximum absolute atomic E-state index is 5.42. The van der Waals surface area contributed by atoms with Crippen molar-refractivity contribution >= 4 is 12.2 Å². The van der Waals surface area contributed by atoms with Gasteiger partial charge in [-0.1, -0.05) is 0 Å². The standard InChI is InChI=1S/C17H16N2O2S/c1-20-14-7-3-12(4-8-14)16-11-18-17(22)19(16)13-5-9-15(21-2)10-6-13/h3-11H,1-2H3,(H,18,22). The van der Waals surface area contributed by atoms with Crippen molar-refractivity contribution in [3.63, 3.8) is 0 Å². The molecule has 5 heteroatoms. The van der Waals surface area contributed by atoms with E-state index in [9.17, 15) is 0 Å². The average molecular weight is 312 g/mol. The zero-order chi connectivity index (χ0) is 15.5. The van der Waals surface area contributed by atoms with Gasteiger partial charge in [0.15, 0.2) is 4.77 Å². The Morgan fingerprint density at radius 2 is 1.41 bits per heavy atom. The van der Waals surface area contributed by atoms with Crippen LogP contribution in [0.4, 0.5) is 0 Å². The smallest absolute Gasteiger partial charge is 0.182 e. The molecule has 1 aromatic heterocycles. The van der Waals surface area contributed by atoms with Crippen molar-refractivity contribution in [3.05, 3.63) is 59.5 Å². The number of nitrogens with one attached hydrogen (secondary N) is 1. The molecular weight excluding hydrogens is 296 g/mol. The van der Waals surface area contributed by atoms with Crippen molar-refractivity contribution in [1.82, 2.24) is 9.55 Å². The normalized spacial score (nSPS) is 10.5. The highest BCUT2D eigenvalue weighted by Gasteiger charge is 2.09. The van der Waals surface area contributed by atoms with Crippen LogP contribution in [0.1, 0.15) is 0 Å². The van der Waals surface area contributed by atoms with E-state index in [-0.39, 0.29) is 0 Å². The van der Waals surface area contributed by atoms with Crippen LogP contribution in [0.2, 0.25) is 0 Å². The maximum Gasteiger partial charge on any atom is 0.182 e. The zero-order valence-electron chi connectivity index (χ0n) is 12.4. The number of nitrogens with zero attached hydrogens (tertiary/aromatic N) is 1. The molecule has 0 saturated heterocycles. The van der Waals surface area contributed by atoms with Crippen LogP contribution < -0.4 is 9.47 Å². The van der Waals surface area contributed by atoms with Gasteiger partial charge in [-0.25, -0.2) is 0 Å². The minimum atomic E-state index is 0.649. The lowest BCUT2D eigenvalue weighted by atomic mass is 10.1. The van der Waals surface area contributed by atoms with Crippen LogP contribution in [0.5, 0.6) is 11.5 Å². The Balaban J connectivity index is 2.08. The third kappa shape index (κ3) is 2.63. The Morgan fingerprint density at radius 3 is 1.95 bits per heavy atom. The van der Waals surface area contributed by atoms with Crippen molar-refractivity contribution in [3.8, 4) is 28.4 Å². The summed E-state index contributed by atoms with van der Waals surface area (Å²) in [5, 5.41) is 0. The number of rotatable bonds is 4. The Bertz CT molecular complexity index is 817. The van der Waals surface area contributed by atoms with Crippen LogP contribution in [-0.4, -0.2) is 23.8 Å². The predicted molar refractivity (Wildman–Crippen MR) is 89.5 cm³/mol. The second-order valence-electron chi connectivity index (χ2n) is 4.74. The molecule has 0 spiro atoms. The molecule has 0 fully saturated rings. The number of methoxy groups -OCH3 is 2. The SMILES string of the molecule is COc1ccc(-c2c[nH]c(=S)n2-c2ccc(OC)cc2)cc1. The maximum atomic E-state index is 5.42. The number of H-pyrrole nitrogens is 1. The van der Waals surface area contributed by atoms with Crippen LogP contribution in [0.3, 0.4) is 0 Å². The average Bonchev–Trinajstić information content (AvgIpc) is 2.96. The second-order valence-corrected chi connectivity index (χ2v) is 5.13. The Hall–Kier alpha value is -2.53. The summed E-state index contributed by atoms with van der Waals surface area (Å²) in [4.78, 5) is 3.11. The quantitative estimate of drug-likeness (QED) is 0.733. The van der Waals surface area contributed by atoms with Crippen LogP contribution in [-0.2, 0) is 0 Å². The number of aromatic amines is 1. The van der Waals surface area contributed by atoms with Crippen molar-refractivity contribution in [2.24, 2.45) is 0 Å². The third-order valence-electron chi connectivity index (χ3n) is 3.49. The van der Waals surface area contributed by atoms with Gasteiger partial charge in [-0.15, -0.1) is 0 Å². The van der Waals surface area contributed by atoms with E-state index < -0.39 is 0 Å². The van der Waals surface area contributed by atoms with Crippen molar-refractivity contribution in [2.75, 3.05) is 14.2 Å². The predicted octanol–water partition coefficient (Wildman–Crippen LogP) is 4.22. The first kappa shape index (κ1) is 14.4. The topological polar surface area (TPSA) is 39.2 Å². The Morgan fingerprint density at radius 1 is 0.864 bits per heavy atom. The minimum absolute atomic E-state index is 0.649. The Labute approximate surface area is 134 Å². The van der Waals surface area contributed by atoms with Crippen LogP contribution in [0.25, 0.3) is 16.9 Å². The van der Waals surface area contributed by atoms with E-state index in [2.05, 4.69) is 4.98 Å². The van der Waals surface area contributed by atoms with Gasteiger partial charge in [0.05, 0.1) is 19.9 Å². The zero-order valence-corrected chi connectivity index (χ0v) is 13.2. The van der Waals surface area contributed by atoms with E-state index in [1.807, 2.05) is 59.3 Å². The number of ether oxygens (including phenoxy) is 2. The summed E-state index contributed by atoms with van der Waals surface area (Å²) >= 11 is 5.42. The van der Waals surface area contributed by atoms with Crippen LogP contribution in [0.15, 0.2) is 54.7 Å². The summed E-state index contributed by atoms with van der Waals surface area (Å²) in [6.07, 6.45) is 1.91. The molecule has 3 rings (SSSR count). The molecule has 112 valence electrons. The monoisotopic (exact) mass is 312 g/mol. The first-order valence-electron chi connectivity index (χ1n) is 6.82. The summed E-state index contributed by atoms with van der Waals surface area (Å²) < 4.78 is 13.0. The van der Waals surface area contributed by atoms with Crippen molar-refractivity contribution in [2.45, 2.75) is 0 Å². The highest BCUT2D eigenvalue weighted by atomic mass is 32.1. The molecule has 0 unspecified atom stereocenters. The van der Waals surface area contributed by atoms with Gasteiger partial charge in [0, 0.05) is 17.4 Å². The van der Waals surface area contributed by atoms with Gasteiger partial charge in [0.1, 0.15) is 11.5 Å². The number of hydrogen-bond donors (Lipinski definition) is 1. The highest BCUT2D eigenvalue weighted by Crippen LogP contribution is 2.26. The molecule has 0 saturated carbocycles. The number of hydrogen-bond acceptors (Lipinski definition) is 3. The molecular formula is C17H16N2O2S. The van der Waals surface area contributed by atoms with Gasteiger partial charge in [0.25, 0.3) is 0 Å². The molecule has 0 atom stereocenters. The molecule has 22 heavy (non-hydrogen) atoms. The van der Waals surface area contributed by atoms with Gasteiger partial charge in [0.2, 0.25) is 0 Å². The van der Waals surface area contributed by atoms with E-state index in [1.54, 1.807) is 14.2 Å². The lowest BCUT2D eigenvalue weighted by molar-refractivity contribution is 0.414. The number of imidazole rings is 1. The molecule has 1 N–H and O–H groups in total. The van der Waals surface area contributed by atoms with Crippen molar-refractivity contribution in [1.29, 1.82) is 0 Å². The lowest BCUT2D eigenvalue weighted by Crippen LogP contribution is -1.97. The lowest BCUT2D eigenvalue weighted by Gasteiger charge is -2.10. The summed E-state index contributed by atoms with van der Waals surface area (Å²) in [6.45, 7) is 0. The fraction of sp³-hybridized carbons (Fsp3) is 0.118. The van der Waals surface area contributed by atoms with Crippen molar-refractivity contribution < 1.29 is 9.47 Å². The molecule has 4 nitrogen and oxygen atoms in total. The minimum Gasteiger partial charge on any atom is -0.497 e. The van der Waals surface area contributed by atoms with Crippen LogP contribution >= 0.6 is 12.2 Å². The first-order valence-corrected chi connectivity index (χ1v) is 7.23. The molecule has 1 heterocycles. The molecule has 0 amide bonds. The van der Waals surface area contributed by atoms with E-state index in [0.29, 0.717) is 4.77 Å². The number of aromatic nitrogens is 2. The molecule has 0 aliphatic carbocycles.